The number of nitrogens with one attached hydrogen (secondary N) is 2. The zero-order valence-corrected chi connectivity index (χ0v) is 9.27. The second-order valence-corrected chi connectivity index (χ2v) is 3.52. The van der Waals surface area contributed by atoms with E-state index >= 15 is 0 Å². The van der Waals surface area contributed by atoms with Gasteiger partial charge >= 0.3 is 6.03 Å². The Bertz CT molecular complexity index is 355. The summed E-state index contributed by atoms with van der Waals surface area (Å²) in [6, 6.07) is 4.73. The summed E-state index contributed by atoms with van der Waals surface area (Å²) >= 11 is 5.75. The number of hydrogen-bond donors (Lipinski definition) is 3. The Labute approximate surface area is 93.8 Å². The first-order valence-corrected chi connectivity index (χ1v) is 5.11. The molecule has 15 heavy (non-hydrogen) atoms. The molecule has 0 saturated carbocycles. The zero-order valence-electron chi connectivity index (χ0n) is 8.51. The SMILES string of the molecule is CCCNC(=O)Nc1ccc(Cl)c(N)c1. The molecule has 0 saturated heterocycles. The average Bonchev–Trinajstić information content (AvgIpc) is 2.20. The second-order valence-electron chi connectivity index (χ2n) is 3.12. The maximum absolute atomic E-state index is 11.3. The van der Waals surface area contributed by atoms with Crippen LogP contribution in [0.15, 0.2) is 18.2 Å². The van der Waals surface area contributed by atoms with E-state index in [4.69, 9.17) is 17.3 Å². The van der Waals surface area contributed by atoms with Crippen LogP contribution >= 0.6 is 11.6 Å². The molecule has 0 aliphatic heterocycles. The van der Waals surface area contributed by atoms with Gasteiger partial charge in [-0.1, -0.05) is 18.5 Å². The van der Waals surface area contributed by atoms with Gasteiger partial charge < -0.3 is 16.4 Å². The summed E-state index contributed by atoms with van der Waals surface area (Å²) in [4.78, 5) is 11.3. The summed E-state index contributed by atoms with van der Waals surface area (Å²) in [5.74, 6) is 0. The maximum atomic E-state index is 11.3. The lowest BCUT2D eigenvalue weighted by molar-refractivity contribution is 0.252. The fraction of sp³-hybridized carbons (Fsp3) is 0.300. The molecule has 0 aromatic heterocycles. The molecule has 82 valence electrons. The molecule has 2 amide bonds. The van der Waals surface area contributed by atoms with Crippen molar-refractivity contribution in [2.75, 3.05) is 17.6 Å². The molecule has 0 aliphatic carbocycles. The van der Waals surface area contributed by atoms with Crippen LogP contribution in [0.5, 0.6) is 0 Å². The van der Waals surface area contributed by atoms with E-state index in [9.17, 15) is 4.79 Å². The lowest BCUT2D eigenvalue weighted by atomic mass is 10.3. The first-order chi connectivity index (χ1) is 7.13. The van der Waals surface area contributed by atoms with Gasteiger partial charge in [0.25, 0.3) is 0 Å². The van der Waals surface area contributed by atoms with Crippen LogP contribution in [0, 0.1) is 0 Å². The molecule has 0 fully saturated rings. The Balaban J connectivity index is 2.57. The maximum Gasteiger partial charge on any atom is 0.319 e. The minimum Gasteiger partial charge on any atom is -0.397 e. The molecule has 0 spiro atoms. The monoisotopic (exact) mass is 227 g/mol. The summed E-state index contributed by atoms with van der Waals surface area (Å²) in [7, 11) is 0. The number of halogens is 1. The third-order valence-corrected chi connectivity index (χ3v) is 2.13. The van der Waals surface area contributed by atoms with Crippen molar-refractivity contribution in [3.63, 3.8) is 0 Å². The molecular formula is C10H14ClN3O. The first kappa shape index (κ1) is 11.7. The van der Waals surface area contributed by atoms with Crippen molar-refractivity contribution in [2.45, 2.75) is 13.3 Å². The quantitative estimate of drug-likeness (QED) is 0.695. The van der Waals surface area contributed by atoms with E-state index in [0.717, 1.165) is 6.42 Å². The van der Waals surface area contributed by atoms with Crippen molar-refractivity contribution in [1.29, 1.82) is 0 Å². The van der Waals surface area contributed by atoms with Gasteiger partial charge in [-0.2, -0.15) is 0 Å². The van der Waals surface area contributed by atoms with Crippen LogP contribution in [0.25, 0.3) is 0 Å². The highest BCUT2D eigenvalue weighted by molar-refractivity contribution is 6.33. The predicted octanol–water partition coefficient (Wildman–Crippen LogP) is 2.45. The predicted molar refractivity (Wildman–Crippen MR) is 63.2 cm³/mol. The van der Waals surface area contributed by atoms with Crippen molar-refractivity contribution in [3.05, 3.63) is 23.2 Å². The van der Waals surface area contributed by atoms with Gasteiger partial charge in [-0.05, 0) is 24.6 Å². The number of carbonyl (C=O) groups excluding carboxylic acids is 1. The molecule has 0 heterocycles. The number of nitrogen functional groups attached to an aromatic ring is 1. The molecule has 0 atom stereocenters. The van der Waals surface area contributed by atoms with Crippen LogP contribution in [-0.2, 0) is 0 Å². The van der Waals surface area contributed by atoms with E-state index in [0.29, 0.717) is 22.9 Å². The number of nitrogens with two attached hydrogens (primary N) is 1. The van der Waals surface area contributed by atoms with Crippen molar-refractivity contribution in [3.8, 4) is 0 Å². The third kappa shape index (κ3) is 3.67. The van der Waals surface area contributed by atoms with E-state index < -0.39 is 0 Å². The summed E-state index contributed by atoms with van der Waals surface area (Å²) < 4.78 is 0. The Morgan fingerprint density at radius 2 is 2.27 bits per heavy atom. The Morgan fingerprint density at radius 1 is 1.53 bits per heavy atom. The van der Waals surface area contributed by atoms with E-state index in [-0.39, 0.29) is 6.03 Å². The fourth-order valence-corrected chi connectivity index (χ4v) is 1.15. The van der Waals surface area contributed by atoms with Crippen LogP contribution in [-0.4, -0.2) is 12.6 Å². The average molecular weight is 228 g/mol. The number of benzene rings is 1. The van der Waals surface area contributed by atoms with Crippen LogP contribution < -0.4 is 16.4 Å². The van der Waals surface area contributed by atoms with Gasteiger partial charge in [0.1, 0.15) is 0 Å². The Morgan fingerprint density at radius 3 is 2.87 bits per heavy atom. The van der Waals surface area contributed by atoms with Crippen molar-refractivity contribution < 1.29 is 4.79 Å². The largest absolute Gasteiger partial charge is 0.397 e. The number of urea groups is 1. The highest BCUT2D eigenvalue weighted by Gasteiger charge is 2.02. The second kappa shape index (κ2) is 5.46. The van der Waals surface area contributed by atoms with Gasteiger partial charge in [-0.3, -0.25) is 0 Å². The molecule has 0 unspecified atom stereocenters. The lowest BCUT2D eigenvalue weighted by Crippen LogP contribution is -2.29. The van der Waals surface area contributed by atoms with Crippen LogP contribution in [0.2, 0.25) is 5.02 Å². The minimum atomic E-state index is -0.237. The Hall–Kier alpha value is -1.42. The number of anilines is 2. The van der Waals surface area contributed by atoms with Crippen molar-refractivity contribution >= 4 is 29.0 Å². The molecular weight excluding hydrogens is 214 g/mol. The Kier molecular flexibility index (Phi) is 4.24. The highest BCUT2D eigenvalue weighted by atomic mass is 35.5. The standard InChI is InChI=1S/C10H14ClN3O/c1-2-5-13-10(15)14-7-3-4-8(11)9(12)6-7/h3-4,6H,2,5,12H2,1H3,(H2,13,14,15). The normalized spacial score (nSPS) is 9.73. The van der Waals surface area contributed by atoms with Crippen LogP contribution in [0.4, 0.5) is 16.2 Å². The third-order valence-electron chi connectivity index (χ3n) is 1.79. The smallest absolute Gasteiger partial charge is 0.319 e. The number of hydrogen-bond acceptors (Lipinski definition) is 2. The molecule has 1 aromatic rings. The summed E-state index contributed by atoms with van der Waals surface area (Å²) in [5, 5.41) is 5.83. The molecule has 4 N–H and O–H groups in total. The van der Waals surface area contributed by atoms with Crippen molar-refractivity contribution in [1.82, 2.24) is 5.32 Å². The molecule has 1 aromatic carbocycles. The molecule has 5 heteroatoms. The summed E-state index contributed by atoms with van der Waals surface area (Å²) in [6.45, 7) is 2.63. The van der Waals surface area contributed by atoms with E-state index in [2.05, 4.69) is 10.6 Å². The van der Waals surface area contributed by atoms with Gasteiger partial charge in [-0.25, -0.2) is 4.79 Å². The molecule has 1 rings (SSSR count). The van der Waals surface area contributed by atoms with Gasteiger partial charge in [0.05, 0.1) is 10.7 Å². The molecule has 0 bridgehead atoms. The van der Waals surface area contributed by atoms with E-state index in [1.54, 1.807) is 18.2 Å². The van der Waals surface area contributed by atoms with E-state index in [1.807, 2.05) is 6.92 Å². The topological polar surface area (TPSA) is 67.2 Å². The van der Waals surface area contributed by atoms with Gasteiger partial charge in [-0.15, -0.1) is 0 Å². The van der Waals surface area contributed by atoms with Gasteiger partial charge in [0, 0.05) is 12.2 Å². The van der Waals surface area contributed by atoms with Crippen molar-refractivity contribution in [2.24, 2.45) is 0 Å². The fourth-order valence-electron chi connectivity index (χ4n) is 1.04. The van der Waals surface area contributed by atoms with Crippen LogP contribution in [0.3, 0.4) is 0 Å². The minimum absolute atomic E-state index is 0.237. The zero-order chi connectivity index (χ0) is 11.3. The summed E-state index contributed by atoms with van der Waals surface area (Å²) in [6.07, 6.45) is 0.899. The lowest BCUT2D eigenvalue weighted by Gasteiger charge is -2.07. The first-order valence-electron chi connectivity index (χ1n) is 4.73. The van der Waals surface area contributed by atoms with E-state index in [1.165, 1.54) is 0 Å². The number of amides is 2. The van der Waals surface area contributed by atoms with Crippen LogP contribution in [0.1, 0.15) is 13.3 Å². The highest BCUT2D eigenvalue weighted by Crippen LogP contribution is 2.22. The number of carbonyl (C=O) groups is 1. The van der Waals surface area contributed by atoms with Gasteiger partial charge in [0.15, 0.2) is 0 Å². The summed E-state index contributed by atoms with van der Waals surface area (Å²) in [5.41, 5.74) is 6.67. The molecule has 4 nitrogen and oxygen atoms in total. The number of rotatable bonds is 3. The van der Waals surface area contributed by atoms with Gasteiger partial charge in [0.2, 0.25) is 0 Å². The molecule has 0 aliphatic rings. The molecule has 0 radical (unpaired) electrons.